The molecule has 1 aliphatic rings. The van der Waals surface area contributed by atoms with Crippen molar-refractivity contribution in [2.24, 2.45) is 0 Å². The number of nitrogens with one attached hydrogen (secondary N) is 1. The molecular formula is C24H22N2O3S. The molecule has 1 heterocycles. The monoisotopic (exact) mass is 418 g/mol. The van der Waals surface area contributed by atoms with Crippen molar-refractivity contribution >= 4 is 39.8 Å². The van der Waals surface area contributed by atoms with Crippen molar-refractivity contribution in [1.29, 1.82) is 0 Å². The van der Waals surface area contributed by atoms with Gasteiger partial charge in [0.25, 0.3) is 0 Å². The average molecular weight is 419 g/mol. The Labute approximate surface area is 180 Å². The molecule has 0 saturated carbocycles. The fraction of sp³-hybridized carbons (Fsp3) is 0.167. The standard InChI is InChI=1S/C24H22N2O3S/c1-15-21(23(27)29-3)22(18-9-8-16-6-4-5-7-17(16)14-18)25-24(30)26(15)19-10-12-20(28-2)13-11-19/h4-14,22H,1-3H3,(H,25,30)/t22-/m1/s1. The van der Waals surface area contributed by atoms with Crippen LogP contribution in [0.15, 0.2) is 78.0 Å². The minimum Gasteiger partial charge on any atom is -0.497 e. The number of hydrogen-bond acceptors (Lipinski definition) is 4. The normalized spacial score (nSPS) is 16.4. The summed E-state index contributed by atoms with van der Waals surface area (Å²) in [5.74, 6) is 0.359. The molecule has 0 amide bonds. The van der Waals surface area contributed by atoms with Crippen LogP contribution in [-0.2, 0) is 9.53 Å². The summed E-state index contributed by atoms with van der Waals surface area (Å²) in [6, 6.07) is 21.4. The first-order valence-electron chi connectivity index (χ1n) is 9.56. The first-order valence-corrected chi connectivity index (χ1v) is 9.96. The van der Waals surface area contributed by atoms with E-state index in [1.165, 1.54) is 7.11 Å². The van der Waals surface area contributed by atoms with Gasteiger partial charge in [0, 0.05) is 11.4 Å². The fourth-order valence-electron chi connectivity index (χ4n) is 3.80. The van der Waals surface area contributed by atoms with Crippen LogP contribution in [-0.4, -0.2) is 25.3 Å². The average Bonchev–Trinajstić information content (AvgIpc) is 2.78. The summed E-state index contributed by atoms with van der Waals surface area (Å²) in [4.78, 5) is 14.6. The van der Waals surface area contributed by atoms with E-state index in [1.807, 2.05) is 54.3 Å². The lowest BCUT2D eigenvalue weighted by atomic mass is 9.93. The molecule has 0 unspecified atom stereocenters. The van der Waals surface area contributed by atoms with Crippen LogP contribution in [0.1, 0.15) is 18.5 Å². The van der Waals surface area contributed by atoms with Gasteiger partial charge in [0.2, 0.25) is 0 Å². The van der Waals surface area contributed by atoms with E-state index in [0.29, 0.717) is 10.7 Å². The van der Waals surface area contributed by atoms with E-state index in [9.17, 15) is 4.79 Å². The first-order chi connectivity index (χ1) is 14.5. The van der Waals surface area contributed by atoms with Crippen LogP contribution < -0.4 is 15.0 Å². The summed E-state index contributed by atoms with van der Waals surface area (Å²) in [6.07, 6.45) is 0. The highest BCUT2D eigenvalue weighted by Crippen LogP contribution is 2.35. The van der Waals surface area contributed by atoms with Crippen molar-refractivity contribution in [2.45, 2.75) is 13.0 Å². The Morgan fingerprint density at radius 1 is 1.00 bits per heavy atom. The van der Waals surface area contributed by atoms with Crippen LogP contribution in [0.25, 0.3) is 10.8 Å². The number of esters is 1. The van der Waals surface area contributed by atoms with E-state index in [0.717, 1.165) is 33.5 Å². The van der Waals surface area contributed by atoms with Gasteiger partial charge < -0.3 is 14.8 Å². The van der Waals surface area contributed by atoms with Gasteiger partial charge in [0.1, 0.15) is 5.75 Å². The van der Waals surface area contributed by atoms with Crippen LogP contribution in [0.2, 0.25) is 0 Å². The number of rotatable bonds is 4. The van der Waals surface area contributed by atoms with Gasteiger partial charge in [0.15, 0.2) is 5.11 Å². The minimum atomic E-state index is -0.399. The molecule has 0 fully saturated rings. The molecule has 1 atom stereocenters. The molecule has 152 valence electrons. The number of nitrogens with zero attached hydrogens (tertiary/aromatic N) is 1. The molecule has 30 heavy (non-hydrogen) atoms. The molecule has 0 spiro atoms. The second-order valence-corrected chi connectivity index (χ2v) is 7.40. The van der Waals surface area contributed by atoms with Crippen LogP contribution in [0.5, 0.6) is 5.75 Å². The third-order valence-electron chi connectivity index (χ3n) is 5.33. The number of anilines is 1. The molecule has 0 aliphatic carbocycles. The number of ether oxygens (including phenoxy) is 2. The highest BCUT2D eigenvalue weighted by atomic mass is 32.1. The molecule has 0 radical (unpaired) electrons. The topological polar surface area (TPSA) is 50.8 Å². The minimum absolute atomic E-state index is 0.390. The number of benzene rings is 3. The number of hydrogen-bond donors (Lipinski definition) is 1. The van der Waals surface area contributed by atoms with E-state index < -0.39 is 6.04 Å². The van der Waals surface area contributed by atoms with Crippen molar-refractivity contribution in [3.05, 3.63) is 83.6 Å². The van der Waals surface area contributed by atoms with Gasteiger partial charge in [-0.25, -0.2) is 4.79 Å². The predicted molar refractivity (Wildman–Crippen MR) is 123 cm³/mol. The van der Waals surface area contributed by atoms with E-state index in [2.05, 4.69) is 29.6 Å². The van der Waals surface area contributed by atoms with Crippen molar-refractivity contribution in [3.63, 3.8) is 0 Å². The van der Waals surface area contributed by atoms with Gasteiger partial charge in [-0.3, -0.25) is 4.90 Å². The number of allylic oxidation sites excluding steroid dienone is 1. The molecule has 0 bridgehead atoms. The second kappa shape index (κ2) is 8.16. The lowest BCUT2D eigenvalue weighted by Crippen LogP contribution is -2.48. The summed E-state index contributed by atoms with van der Waals surface area (Å²) >= 11 is 5.69. The molecule has 3 aromatic carbocycles. The number of fused-ring (bicyclic) bond motifs is 1. The predicted octanol–water partition coefficient (Wildman–Crippen LogP) is 4.73. The summed E-state index contributed by atoms with van der Waals surface area (Å²) in [5, 5.41) is 6.09. The molecule has 6 heteroatoms. The van der Waals surface area contributed by atoms with Gasteiger partial charge in [-0.15, -0.1) is 0 Å². The summed E-state index contributed by atoms with van der Waals surface area (Å²) < 4.78 is 10.4. The van der Waals surface area contributed by atoms with Crippen LogP contribution in [0.4, 0.5) is 5.69 Å². The second-order valence-electron chi connectivity index (χ2n) is 7.01. The Morgan fingerprint density at radius 3 is 2.37 bits per heavy atom. The first kappa shape index (κ1) is 19.9. The lowest BCUT2D eigenvalue weighted by molar-refractivity contribution is -0.136. The summed E-state index contributed by atoms with van der Waals surface area (Å²) in [5.41, 5.74) is 3.04. The Bertz CT molecular complexity index is 1150. The molecule has 3 aromatic rings. The zero-order valence-corrected chi connectivity index (χ0v) is 17.8. The molecule has 0 aromatic heterocycles. The third-order valence-corrected chi connectivity index (χ3v) is 5.63. The van der Waals surface area contributed by atoms with Gasteiger partial charge in [-0.1, -0.05) is 36.4 Å². The highest BCUT2D eigenvalue weighted by molar-refractivity contribution is 7.80. The molecule has 0 saturated heterocycles. The van der Waals surface area contributed by atoms with Crippen LogP contribution in [0, 0.1) is 0 Å². The van der Waals surface area contributed by atoms with Crippen molar-refractivity contribution in [3.8, 4) is 5.75 Å². The molecule has 5 nitrogen and oxygen atoms in total. The van der Waals surface area contributed by atoms with Gasteiger partial charge in [-0.2, -0.15) is 0 Å². The molecular weight excluding hydrogens is 396 g/mol. The van der Waals surface area contributed by atoms with Gasteiger partial charge in [0.05, 0.1) is 25.8 Å². The van der Waals surface area contributed by atoms with Crippen molar-refractivity contribution < 1.29 is 14.3 Å². The maximum absolute atomic E-state index is 12.8. The quantitative estimate of drug-likeness (QED) is 0.488. The maximum Gasteiger partial charge on any atom is 0.337 e. The smallest absolute Gasteiger partial charge is 0.337 e. The SMILES string of the molecule is COC(=O)C1=C(C)N(c2ccc(OC)cc2)C(=S)N[C@@H]1c1ccc2ccccc2c1. The van der Waals surface area contributed by atoms with Crippen molar-refractivity contribution in [2.75, 3.05) is 19.1 Å². The largest absolute Gasteiger partial charge is 0.497 e. The Kier molecular flexibility index (Phi) is 5.42. The Morgan fingerprint density at radius 2 is 1.70 bits per heavy atom. The maximum atomic E-state index is 12.8. The van der Waals surface area contributed by atoms with Gasteiger partial charge in [-0.05, 0) is 65.8 Å². The Hall–Kier alpha value is -3.38. The van der Waals surface area contributed by atoms with Crippen molar-refractivity contribution in [1.82, 2.24) is 5.32 Å². The highest BCUT2D eigenvalue weighted by Gasteiger charge is 2.35. The van der Waals surface area contributed by atoms with E-state index in [1.54, 1.807) is 7.11 Å². The zero-order valence-electron chi connectivity index (χ0n) is 17.0. The fourth-order valence-corrected chi connectivity index (χ4v) is 4.16. The Balaban J connectivity index is 1.82. The number of thiocarbonyl (C=S) groups is 1. The molecule has 4 rings (SSSR count). The number of carbonyl (C=O) groups excluding carboxylic acids is 1. The van der Waals surface area contributed by atoms with E-state index >= 15 is 0 Å². The zero-order chi connectivity index (χ0) is 21.3. The number of carbonyl (C=O) groups is 1. The molecule has 1 aliphatic heterocycles. The number of methoxy groups -OCH3 is 2. The summed E-state index contributed by atoms with van der Waals surface area (Å²) in [7, 11) is 3.02. The third kappa shape index (κ3) is 3.50. The van der Waals surface area contributed by atoms with E-state index in [4.69, 9.17) is 21.7 Å². The van der Waals surface area contributed by atoms with Crippen LogP contribution in [0.3, 0.4) is 0 Å². The van der Waals surface area contributed by atoms with Crippen LogP contribution >= 0.6 is 12.2 Å². The molecule has 1 N–H and O–H groups in total. The lowest BCUT2D eigenvalue weighted by Gasteiger charge is -2.37. The van der Waals surface area contributed by atoms with Gasteiger partial charge >= 0.3 is 5.97 Å². The summed E-state index contributed by atoms with van der Waals surface area (Å²) in [6.45, 7) is 1.89. The van der Waals surface area contributed by atoms with E-state index in [-0.39, 0.29) is 5.97 Å².